The molecule has 2 aromatic rings. The molecular formula is C18H17NO5. The summed E-state index contributed by atoms with van der Waals surface area (Å²) < 4.78 is 10.0. The molecule has 0 aliphatic heterocycles. The third-order valence-electron chi connectivity index (χ3n) is 3.38. The number of hydrogen-bond donors (Lipinski definition) is 1. The predicted octanol–water partition coefficient (Wildman–Crippen LogP) is 2.50. The van der Waals surface area contributed by atoms with Gasteiger partial charge in [-0.1, -0.05) is 24.3 Å². The van der Waals surface area contributed by atoms with Gasteiger partial charge in [-0.2, -0.15) is 0 Å². The quantitative estimate of drug-likeness (QED) is 0.501. The molecule has 6 heteroatoms. The van der Waals surface area contributed by atoms with E-state index in [0.29, 0.717) is 12.0 Å². The van der Waals surface area contributed by atoms with E-state index in [9.17, 15) is 14.4 Å². The van der Waals surface area contributed by atoms with Crippen LogP contribution in [0.5, 0.6) is 5.75 Å². The molecule has 0 bridgehead atoms. The third-order valence-corrected chi connectivity index (χ3v) is 3.38. The summed E-state index contributed by atoms with van der Waals surface area (Å²) in [4.78, 5) is 34.6. The molecule has 24 heavy (non-hydrogen) atoms. The van der Waals surface area contributed by atoms with Crippen molar-refractivity contribution in [3.8, 4) is 5.75 Å². The molecule has 0 aromatic heterocycles. The Morgan fingerprint density at radius 3 is 2.58 bits per heavy atom. The van der Waals surface area contributed by atoms with Gasteiger partial charge < -0.3 is 14.8 Å². The van der Waals surface area contributed by atoms with Crippen LogP contribution in [-0.4, -0.2) is 25.5 Å². The minimum absolute atomic E-state index is 0.0418. The number of hydrogen-bond acceptors (Lipinski definition) is 5. The van der Waals surface area contributed by atoms with Crippen LogP contribution in [0, 0.1) is 6.92 Å². The molecule has 0 fully saturated rings. The Morgan fingerprint density at radius 2 is 1.92 bits per heavy atom. The molecule has 0 aliphatic carbocycles. The fourth-order valence-electron chi connectivity index (χ4n) is 2.26. The summed E-state index contributed by atoms with van der Waals surface area (Å²) in [6.07, 6.45) is 0.411. The van der Waals surface area contributed by atoms with E-state index in [0.717, 1.165) is 11.3 Å². The number of carbonyl (C=O) groups excluding carboxylic acids is 3. The van der Waals surface area contributed by atoms with Gasteiger partial charge in [0, 0.05) is 0 Å². The molecule has 1 amide bonds. The van der Waals surface area contributed by atoms with Crippen molar-refractivity contribution in [1.29, 1.82) is 0 Å². The van der Waals surface area contributed by atoms with Gasteiger partial charge in [-0.3, -0.25) is 9.59 Å². The second kappa shape index (κ2) is 7.92. The lowest BCUT2D eigenvalue weighted by Gasteiger charge is -2.09. The van der Waals surface area contributed by atoms with E-state index in [-0.39, 0.29) is 17.7 Å². The summed E-state index contributed by atoms with van der Waals surface area (Å²) in [6.45, 7) is 1.86. The minimum atomic E-state index is -0.810. The number of aryl methyl sites for hydroxylation is 1. The van der Waals surface area contributed by atoms with Gasteiger partial charge in [0.1, 0.15) is 5.75 Å². The Bertz CT molecular complexity index is 770. The molecular weight excluding hydrogens is 310 g/mol. The van der Waals surface area contributed by atoms with E-state index in [1.165, 1.54) is 6.07 Å². The van der Waals surface area contributed by atoms with Crippen molar-refractivity contribution in [1.82, 2.24) is 0 Å². The van der Waals surface area contributed by atoms with Crippen LogP contribution in [0.1, 0.15) is 21.5 Å². The molecule has 0 radical (unpaired) electrons. The van der Waals surface area contributed by atoms with Crippen LogP contribution >= 0.6 is 0 Å². The number of anilines is 1. The Labute approximate surface area is 139 Å². The van der Waals surface area contributed by atoms with Gasteiger partial charge in [0.2, 0.25) is 6.41 Å². The average Bonchev–Trinajstić information content (AvgIpc) is 2.55. The van der Waals surface area contributed by atoms with Gasteiger partial charge in [-0.05, 0) is 36.2 Å². The summed E-state index contributed by atoms with van der Waals surface area (Å²) >= 11 is 0. The number of nitrogens with one attached hydrogen (secondary N) is 1. The van der Waals surface area contributed by atoms with Gasteiger partial charge >= 0.3 is 11.9 Å². The molecule has 2 aromatic carbocycles. The fourth-order valence-corrected chi connectivity index (χ4v) is 2.26. The van der Waals surface area contributed by atoms with Crippen LogP contribution < -0.4 is 10.1 Å². The van der Waals surface area contributed by atoms with E-state index in [2.05, 4.69) is 5.32 Å². The molecule has 0 aliphatic rings. The zero-order chi connectivity index (χ0) is 17.5. The Morgan fingerprint density at radius 1 is 1.17 bits per heavy atom. The van der Waals surface area contributed by atoms with Crippen molar-refractivity contribution >= 4 is 24.0 Å². The van der Waals surface area contributed by atoms with E-state index >= 15 is 0 Å². The van der Waals surface area contributed by atoms with E-state index < -0.39 is 11.9 Å². The van der Waals surface area contributed by atoms with Crippen molar-refractivity contribution in [2.45, 2.75) is 13.3 Å². The number of esters is 2. The largest absolute Gasteiger partial charge is 0.496 e. The highest BCUT2D eigenvalue weighted by Gasteiger charge is 2.17. The summed E-state index contributed by atoms with van der Waals surface area (Å²) in [6, 6.07) is 11.6. The maximum Gasteiger partial charge on any atom is 0.347 e. The van der Waals surface area contributed by atoms with Crippen LogP contribution in [0.4, 0.5) is 5.69 Å². The van der Waals surface area contributed by atoms with Gasteiger partial charge in [-0.15, -0.1) is 0 Å². The Kier molecular flexibility index (Phi) is 5.68. The number of rotatable bonds is 6. The van der Waals surface area contributed by atoms with Gasteiger partial charge in [-0.25, -0.2) is 4.79 Å². The van der Waals surface area contributed by atoms with E-state index in [4.69, 9.17) is 9.47 Å². The fraction of sp³-hybridized carbons (Fsp3) is 0.167. The van der Waals surface area contributed by atoms with Gasteiger partial charge in [0.15, 0.2) is 0 Å². The number of para-hydroxylation sites is 1. The van der Waals surface area contributed by atoms with Gasteiger partial charge in [0.25, 0.3) is 0 Å². The minimum Gasteiger partial charge on any atom is -0.496 e. The van der Waals surface area contributed by atoms with Crippen molar-refractivity contribution in [3.63, 3.8) is 0 Å². The first kappa shape index (κ1) is 17.2. The first-order chi connectivity index (χ1) is 11.5. The molecule has 0 heterocycles. The first-order valence-electron chi connectivity index (χ1n) is 7.23. The lowest BCUT2D eigenvalue weighted by Crippen LogP contribution is -2.16. The zero-order valence-corrected chi connectivity index (χ0v) is 13.4. The molecule has 2 rings (SSSR count). The summed E-state index contributed by atoms with van der Waals surface area (Å²) in [7, 11) is 1.57. The molecule has 6 nitrogen and oxygen atoms in total. The highest BCUT2D eigenvalue weighted by atomic mass is 16.6. The van der Waals surface area contributed by atoms with Crippen LogP contribution in [0.3, 0.4) is 0 Å². The second-order valence-electron chi connectivity index (χ2n) is 5.05. The highest BCUT2D eigenvalue weighted by Crippen LogP contribution is 2.19. The van der Waals surface area contributed by atoms with Crippen molar-refractivity contribution in [3.05, 3.63) is 59.2 Å². The van der Waals surface area contributed by atoms with Crippen molar-refractivity contribution < 1.29 is 23.9 Å². The third kappa shape index (κ3) is 4.19. The summed E-state index contributed by atoms with van der Waals surface area (Å²) in [5, 5.41) is 2.39. The Hall–Kier alpha value is -3.15. The second-order valence-corrected chi connectivity index (χ2v) is 5.05. The smallest absolute Gasteiger partial charge is 0.347 e. The van der Waals surface area contributed by atoms with Crippen molar-refractivity contribution in [2.75, 3.05) is 12.4 Å². The Balaban J connectivity index is 2.06. The SMILES string of the molecule is COc1ccc(CC(=O)OC(=O)c2ccccc2NC=O)cc1C. The molecule has 0 atom stereocenters. The average molecular weight is 327 g/mol. The van der Waals surface area contributed by atoms with Crippen LogP contribution in [0.2, 0.25) is 0 Å². The molecule has 1 N–H and O–H groups in total. The number of methoxy groups -OCH3 is 1. The van der Waals surface area contributed by atoms with Gasteiger partial charge in [0.05, 0.1) is 24.8 Å². The number of benzene rings is 2. The normalized spacial score (nSPS) is 9.92. The standard InChI is InChI=1S/C18H17NO5/c1-12-9-13(7-8-16(12)23-2)10-17(21)24-18(22)14-5-3-4-6-15(14)19-11-20/h3-9,11H,10H2,1-2H3,(H,19,20). The maximum absolute atomic E-state index is 12.1. The zero-order valence-electron chi connectivity index (χ0n) is 13.4. The van der Waals surface area contributed by atoms with Crippen LogP contribution in [-0.2, 0) is 20.7 Å². The number of carbonyl (C=O) groups is 3. The van der Waals surface area contributed by atoms with Crippen LogP contribution in [0.25, 0.3) is 0 Å². The molecule has 124 valence electrons. The monoisotopic (exact) mass is 327 g/mol. The van der Waals surface area contributed by atoms with Crippen molar-refractivity contribution in [2.24, 2.45) is 0 Å². The van der Waals surface area contributed by atoms with E-state index in [1.54, 1.807) is 43.5 Å². The summed E-state index contributed by atoms with van der Waals surface area (Å²) in [5.74, 6) is -0.766. The topological polar surface area (TPSA) is 81.7 Å². The molecule has 0 saturated heterocycles. The maximum atomic E-state index is 12.1. The predicted molar refractivity (Wildman–Crippen MR) is 88.0 cm³/mol. The van der Waals surface area contributed by atoms with E-state index in [1.807, 2.05) is 6.92 Å². The lowest BCUT2D eigenvalue weighted by atomic mass is 10.1. The number of amides is 1. The summed E-state index contributed by atoms with van der Waals surface area (Å²) in [5.41, 5.74) is 1.99. The molecule has 0 unspecified atom stereocenters. The van der Waals surface area contributed by atoms with Crippen LogP contribution in [0.15, 0.2) is 42.5 Å². The first-order valence-corrected chi connectivity index (χ1v) is 7.23. The molecule has 0 saturated carbocycles. The lowest BCUT2D eigenvalue weighted by molar-refractivity contribution is -0.137. The highest BCUT2D eigenvalue weighted by molar-refractivity contribution is 6.02. The number of ether oxygens (including phenoxy) is 2. The molecule has 0 spiro atoms.